The molecular formula is C33H19N. The molecule has 0 aliphatic heterocycles. The molecule has 34 heavy (non-hydrogen) atoms. The largest absolute Gasteiger partial charge is 0.264 e. The van der Waals surface area contributed by atoms with Gasteiger partial charge < -0.3 is 0 Å². The van der Waals surface area contributed by atoms with Crippen molar-refractivity contribution >= 4 is 75.4 Å². The molecule has 0 unspecified atom stereocenters. The molecule has 0 aliphatic carbocycles. The maximum Gasteiger partial charge on any atom is 0.0346 e. The minimum absolute atomic E-state index is 1.20. The molecule has 9 aromatic rings. The van der Waals surface area contributed by atoms with E-state index in [-0.39, 0.29) is 0 Å². The number of fused-ring (bicyclic) bond motifs is 1. The fourth-order valence-electron chi connectivity index (χ4n) is 5.92. The number of hydrogen-bond donors (Lipinski definition) is 0. The smallest absolute Gasteiger partial charge is 0.0346 e. The summed E-state index contributed by atoms with van der Waals surface area (Å²) >= 11 is 0. The van der Waals surface area contributed by atoms with E-state index in [0.29, 0.717) is 0 Å². The van der Waals surface area contributed by atoms with E-state index in [0.717, 1.165) is 0 Å². The highest BCUT2D eigenvalue weighted by atomic mass is 14.6. The first-order valence-corrected chi connectivity index (χ1v) is 11.7. The Kier molecular flexibility index (Phi) is 3.45. The third-order valence-electron chi connectivity index (χ3n) is 7.44. The Labute approximate surface area is 195 Å². The van der Waals surface area contributed by atoms with Crippen LogP contribution in [0.1, 0.15) is 0 Å². The van der Waals surface area contributed by atoms with Crippen molar-refractivity contribution in [3.63, 3.8) is 0 Å². The Hall–Kier alpha value is -4.49. The molecule has 0 saturated heterocycles. The zero-order valence-electron chi connectivity index (χ0n) is 18.4. The second kappa shape index (κ2) is 6.52. The predicted molar refractivity (Wildman–Crippen MR) is 147 cm³/mol. The van der Waals surface area contributed by atoms with Crippen LogP contribution in [0.2, 0.25) is 0 Å². The van der Waals surface area contributed by atoms with Gasteiger partial charge in [-0.05, 0) is 81.5 Å². The van der Waals surface area contributed by atoms with E-state index in [1.807, 2.05) is 30.6 Å². The number of benzene rings is 8. The second-order valence-corrected chi connectivity index (χ2v) is 9.20. The number of rotatable bonds is 0. The van der Waals surface area contributed by atoms with E-state index in [4.69, 9.17) is 0 Å². The fraction of sp³-hybridized carbons (Fsp3) is 0. The van der Waals surface area contributed by atoms with E-state index >= 15 is 0 Å². The Balaban J connectivity index is 0.000000158. The minimum atomic E-state index is 1.20. The zero-order chi connectivity index (χ0) is 22.2. The molecule has 0 spiro atoms. The highest BCUT2D eigenvalue weighted by molar-refractivity contribution is 6.44. The summed E-state index contributed by atoms with van der Waals surface area (Å²) in [6.07, 6.45) is 3.68. The lowest BCUT2D eigenvalue weighted by Gasteiger charge is -2.20. The Morgan fingerprint density at radius 1 is 0.294 bits per heavy atom. The quantitative estimate of drug-likeness (QED) is 0.173. The molecule has 9 rings (SSSR count). The predicted octanol–water partition coefficient (Wildman–Crippen LogP) is 9.15. The van der Waals surface area contributed by atoms with Crippen LogP contribution in [0, 0.1) is 0 Å². The van der Waals surface area contributed by atoms with Crippen LogP contribution in [-0.4, -0.2) is 4.98 Å². The van der Waals surface area contributed by atoms with Gasteiger partial charge in [0, 0.05) is 12.4 Å². The highest BCUT2D eigenvalue weighted by Gasteiger charge is 2.19. The standard InChI is InChI=1S/C24H12.C9H7N/c1-2-14-5-6-16-9-11-18-12-10-17-8-7-15-4-3-13(1)19-20(14)22(16)24(18)23(17)21(15)19;1-2-4-9-7-10-6-5-8(9)3-1/h1-12H;1-7H. The van der Waals surface area contributed by atoms with Gasteiger partial charge in [-0.15, -0.1) is 0 Å². The molecule has 1 heteroatoms. The van der Waals surface area contributed by atoms with E-state index in [9.17, 15) is 0 Å². The highest BCUT2D eigenvalue weighted by Crippen LogP contribution is 2.47. The Bertz CT molecular complexity index is 1660. The molecule has 1 aromatic heterocycles. The van der Waals surface area contributed by atoms with Crippen LogP contribution in [0.25, 0.3) is 75.4 Å². The van der Waals surface area contributed by atoms with Crippen molar-refractivity contribution < 1.29 is 0 Å². The van der Waals surface area contributed by atoms with Gasteiger partial charge in [0.1, 0.15) is 0 Å². The van der Waals surface area contributed by atoms with Crippen LogP contribution in [0.4, 0.5) is 0 Å². The van der Waals surface area contributed by atoms with Gasteiger partial charge in [0.15, 0.2) is 0 Å². The molecule has 0 fully saturated rings. The van der Waals surface area contributed by atoms with Crippen LogP contribution in [0.5, 0.6) is 0 Å². The Morgan fingerprint density at radius 2 is 0.618 bits per heavy atom. The first-order valence-electron chi connectivity index (χ1n) is 11.7. The average Bonchev–Trinajstić information content (AvgIpc) is 2.92. The van der Waals surface area contributed by atoms with Crippen molar-refractivity contribution in [2.24, 2.45) is 0 Å². The van der Waals surface area contributed by atoms with Crippen molar-refractivity contribution in [3.8, 4) is 0 Å². The summed E-state index contributed by atoms with van der Waals surface area (Å²) in [5.41, 5.74) is 0. The summed E-state index contributed by atoms with van der Waals surface area (Å²) in [6.45, 7) is 0. The molecule has 0 N–H and O–H groups in total. The molecule has 0 bridgehead atoms. The molecule has 1 heterocycles. The monoisotopic (exact) mass is 429 g/mol. The third kappa shape index (κ3) is 2.31. The summed E-state index contributed by atoms with van der Waals surface area (Å²) in [5.74, 6) is 0. The van der Waals surface area contributed by atoms with Gasteiger partial charge in [-0.25, -0.2) is 0 Å². The maximum absolute atomic E-state index is 4.01. The first kappa shape index (κ1) is 18.0. The van der Waals surface area contributed by atoms with Gasteiger partial charge in [0.2, 0.25) is 0 Å². The minimum Gasteiger partial charge on any atom is -0.264 e. The zero-order valence-corrected chi connectivity index (χ0v) is 18.4. The Morgan fingerprint density at radius 3 is 0.941 bits per heavy atom. The molecule has 0 amide bonds. The number of hydrogen-bond acceptors (Lipinski definition) is 1. The van der Waals surface area contributed by atoms with Gasteiger partial charge in [0.05, 0.1) is 0 Å². The van der Waals surface area contributed by atoms with Gasteiger partial charge in [0.25, 0.3) is 0 Å². The van der Waals surface area contributed by atoms with Gasteiger partial charge >= 0.3 is 0 Å². The number of nitrogens with zero attached hydrogens (tertiary/aromatic N) is 1. The summed E-state index contributed by atoms with van der Waals surface area (Å²) in [5, 5.41) is 19.2. The van der Waals surface area contributed by atoms with Gasteiger partial charge in [-0.3, -0.25) is 4.98 Å². The van der Waals surface area contributed by atoms with E-state index in [1.165, 1.54) is 75.4 Å². The lowest BCUT2D eigenvalue weighted by molar-refractivity contribution is 1.36. The fourth-order valence-corrected chi connectivity index (χ4v) is 5.92. The molecular weight excluding hydrogens is 410 g/mol. The molecule has 8 aromatic carbocycles. The van der Waals surface area contributed by atoms with Crippen molar-refractivity contribution in [2.75, 3.05) is 0 Å². The third-order valence-corrected chi connectivity index (χ3v) is 7.44. The first-order chi connectivity index (χ1) is 16.9. The summed E-state index contributed by atoms with van der Waals surface area (Å²) in [6, 6.07) is 37.5. The van der Waals surface area contributed by atoms with Gasteiger partial charge in [-0.2, -0.15) is 0 Å². The number of pyridine rings is 1. The van der Waals surface area contributed by atoms with Crippen molar-refractivity contribution in [1.29, 1.82) is 0 Å². The van der Waals surface area contributed by atoms with Crippen molar-refractivity contribution in [2.45, 2.75) is 0 Å². The molecule has 156 valence electrons. The van der Waals surface area contributed by atoms with Crippen molar-refractivity contribution in [3.05, 3.63) is 116 Å². The molecule has 1 nitrogen and oxygen atoms in total. The van der Waals surface area contributed by atoms with E-state index in [1.54, 1.807) is 0 Å². The van der Waals surface area contributed by atoms with Crippen LogP contribution in [0.15, 0.2) is 116 Å². The van der Waals surface area contributed by atoms with Crippen LogP contribution >= 0.6 is 0 Å². The molecule has 0 atom stereocenters. The second-order valence-electron chi connectivity index (χ2n) is 9.20. The maximum atomic E-state index is 4.01. The van der Waals surface area contributed by atoms with E-state index < -0.39 is 0 Å². The van der Waals surface area contributed by atoms with Crippen LogP contribution in [0.3, 0.4) is 0 Å². The molecule has 0 saturated carbocycles. The summed E-state index contributed by atoms with van der Waals surface area (Å²) in [4.78, 5) is 4.01. The SMILES string of the molecule is c1cc2ccc3ccc4ccc5ccc6ccc1c1c2c3c4c5c61.c1ccc2cnccc2c1. The lowest BCUT2D eigenvalue weighted by Crippen LogP contribution is -1.91. The normalized spacial score (nSPS) is 12.1. The average molecular weight is 430 g/mol. The van der Waals surface area contributed by atoms with Crippen LogP contribution < -0.4 is 0 Å². The van der Waals surface area contributed by atoms with Crippen molar-refractivity contribution in [1.82, 2.24) is 4.98 Å². The topological polar surface area (TPSA) is 12.9 Å². The van der Waals surface area contributed by atoms with E-state index in [2.05, 4.69) is 89.9 Å². The molecule has 0 aliphatic rings. The summed E-state index contributed by atoms with van der Waals surface area (Å²) in [7, 11) is 0. The van der Waals surface area contributed by atoms with Gasteiger partial charge in [-0.1, -0.05) is 97.1 Å². The van der Waals surface area contributed by atoms with Crippen LogP contribution in [-0.2, 0) is 0 Å². The summed E-state index contributed by atoms with van der Waals surface area (Å²) < 4.78 is 0. The molecule has 0 radical (unpaired) electrons. The lowest BCUT2D eigenvalue weighted by atomic mass is 9.83. The number of aromatic nitrogens is 1.